The van der Waals surface area contributed by atoms with Gasteiger partial charge in [0.1, 0.15) is 12.9 Å². The van der Waals surface area contributed by atoms with Crippen LogP contribution < -0.4 is 11.1 Å². The molecule has 1 aliphatic carbocycles. The second kappa shape index (κ2) is 4.39. The highest BCUT2D eigenvalue weighted by Gasteiger charge is 2.21. The maximum atomic E-state index is 11.4. The average molecular weight is 209 g/mol. The molecule has 0 spiro atoms. The van der Waals surface area contributed by atoms with E-state index in [0.29, 0.717) is 18.3 Å². The topological polar surface area (TPSA) is 85.8 Å². The third-order valence-corrected chi connectivity index (χ3v) is 2.36. The van der Waals surface area contributed by atoms with Gasteiger partial charge in [0.15, 0.2) is 5.82 Å². The predicted molar refractivity (Wildman–Crippen MR) is 53.6 cm³/mol. The Kier molecular flexibility index (Phi) is 2.96. The van der Waals surface area contributed by atoms with E-state index in [1.807, 2.05) is 0 Å². The molecule has 0 aromatic carbocycles. The van der Waals surface area contributed by atoms with Gasteiger partial charge in [-0.2, -0.15) is 5.10 Å². The smallest absolute Gasteiger partial charge is 0.241 e. The molecular weight excluding hydrogens is 194 g/mol. The summed E-state index contributed by atoms with van der Waals surface area (Å²) in [5.41, 5.74) is 5.36. The van der Waals surface area contributed by atoms with Gasteiger partial charge in [-0.25, -0.2) is 9.67 Å². The minimum atomic E-state index is -0.0182. The van der Waals surface area contributed by atoms with Gasteiger partial charge in [0.05, 0.1) is 6.54 Å². The quantitative estimate of drug-likeness (QED) is 0.669. The molecule has 1 fully saturated rings. The molecule has 0 radical (unpaired) electrons. The van der Waals surface area contributed by atoms with Gasteiger partial charge in [-0.1, -0.05) is 0 Å². The predicted octanol–water partition coefficient (Wildman–Crippen LogP) is -0.737. The Labute approximate surface area is 87.9 Å². The first-order chi connectivity index (χ1) is 7.28. The molecule has 82 valence electrons. The van der Waals surface area contributed by atoms with Crippen molar-refractivity contribution in [2.45, 2.75) is 25.9 Å². The van der Waals surface area contributed by atoms with Crippen LogP contribution in [0.15, 0.2) is 6.33 Å². The minimum absolute atomic E-state index is 0.0182. The van der Waals surface area contributed by atoms with Gasteiger partial charge in [0.25, 0.3) is 0 Å². The van der Waals surface area contributed by atoms with Crippen LogP contribution in [-0.2, 0) is 17.9 Å². The maximum Gasteiger partial charge on any atom is 0.241 e. The van der Waals surface area contributed by atoms with Crippen LogP contribution in [0.25, 0.3) is 0 Å². The fraction of sp³-hybridized carbons (Fsp3) is 0.667. The van der Waals surface area contributed by atoms with E-state index < -0.39 is 0 Å². The van der Waals surface area contributed by atoms with Crippen molar-refractivity contribution in [3.8, 4) is 0 Å². The first kappa shape index (κ1) is 10.1. The molecule has 3 N–H and O–H groups in total. The van der Waals surface area contributed by atoms with Crippen molar-refractivity contribution in [2.75, 3.05) is 6.54 Å². The van der Waals surface area contributed by atoms with Crippen LogP contribution in [0, 0.1) is 5.92 Å². The van der Waals surface area contributed by atoms with Gasteiger partial charge in [0, 0.05) is 6.54 Å². The van der Waals surface area contributed by atoms with Crippen LogP contribution in [0.2, 0.25) is 0 Å². The van der Waals surface area contributed by atoms with E-state index in [9.17, 15) is 4.79 Å². The van der Waals surface area contributed by atoms with Gasteiger partial charge >= 0.3 is 0 Å². The Balaban J connectivity index is 1.76. The fourth-order valence-corrected chi connectivity index (χ4v) is 1.29. The van der Waals surface area contributed by atoms with E-state index >= 15 is 0 Å². The molecule has 6 nitrogen and oxygen atoms in total. The van der Waals surface area contributed by atoms with E-state index in [1.165, 1.54) is 23.9 Å². The molecule has 0 bridgehead atoms. The SMILES string of the molecule is NCc1ncn(CC(=O)NCC2CC2)n1. The molecule has 0 saturated heterocycles. The third kappa shape index (κ3) is 3.02. The van der Waals surface area contributed by atoms with Crippen LogP contribution in [0.5, 0.6) is 0 Å². The van der Waals surface area contributed by atoms with Gasteiger partial charge in [-0.3, -0.25) is 4.79 Å². The normalized spacial score (nSPS) is 15.3. The molecule has 1 aliphatic rings. The summed E-state index contributed by atoms with van der Waals surface area (Å²) in [5.74, 6) is 1.24. The molecule has 15 heavy (non-hydrogen) atoms. The molecule has 2 rings (SSSR count). The van der Waals surface area contributed by atoms with Crippen molar-refractivity contribution in [3.05, 3.63) is 12.2 Å². The molecule has 6 heteroatoms. The maximum absolute atomic E-state index is 11.4. The molecule has 0 unspecified atom stereocenters. The summed E-state index contributed by atoms with van der Waals surface area (Å²) >= 11 is 0. The van der Waals surface area contributed by atoms with E-state index in [2.05, 4.69) is 15.4 Å². The number of nitrogens with zero attached hydrogens (tertiary/aromatic N) is 3. The van der Waals surface area contributed by atoms with Gasteiger partial charge in [-0.15, -0.1) is 0 Å². The number of nitrogens with one attached hydrogen (secondary N) is 1. The van der Waals surface area contributed by atoms with Crippen LogP contribution in [0.4, 0.5) is 0 Å². The van der Waals surface area contributed by atoms with Crippen molar-refractivity contribution < 1.29 is 4.79 Å². The Bertz CT molecular complexity index is 344. The molecule has 1 amide bonds. The molecular formula is C9H15N5O. The van der Waals surface area contributed by atoms with Gasteiger partial charge in [-0.05, 0) is 18.8 Å². The molecule has 1 aromatic rings. The lowest BCUT2D eigenvalue weighted by Crippen LogP contribution is -2.29. The summed E-state index contributed by atoms with van der Waals surface area (Å²) in [6.45, 7) is 1.31. The number of amides is 1. The summed E-state index contributed by atoms with van der Waals surface area (Å²) in [7, 11) is 0. The zero-order valence-electron chi connectivity index (χ0n) is 8.52. The van der Waals surface area contributed by atoms with Crippen LogP contribution in [0.1, 0.15) is 18.7 Å². The van der Waals surface area contributed by atoms with Crippen molar-refractivity contribution in [3.63, 3.8) is 0 Å². The summed E-state index contributed by atoms with van der Waals surface area (Å²) in [6.07, 6.45) is 4.00. The first-order valence-corrected chi connectivity index (χ1v) is 5.13. The van der Waals surface area contributed by atoms with E-state index in [0.717, 1.165) is 6.54 Å². The number of aromatic nitrogens is 3. The van der Waals surface area contributed by atoms with Crippen LogP contribution in [-0.4, -0.2) is 27.2 Å². The highest BCUT2D eigenvalue weighted by Crippen LogP contribution is 2.27. The van der Waals surface area contributed by atoms with Gasteiger partial charge < -0.3 is 11.1 Å². The van der Waals surface area contributed by atoms with Crippen molar-refractivity contribution >= 4 is 5.91 Å². The second-order valence-electron chi connectivity index (χ2n) is 3.81. The first-order valence-electron chi connectivity index (χ1n) is 5.13. The number of carbonyl (C=O) groups excluding carboxylic acids is 1. The molecule has 0 atom stereocenters. The van der Waals surface area contributed by atoms with Crippen LogP contribution >= 0.6 is 0 Å². The Hall–Kier alpha value is -1.43. The fourth-order valence-electron chi connectivity index (χ4n) is 1.29. The average Bonchev–Trinajstić information content (AvgIpc) is 2.96. The lowest BCUT2D eigenvalue weighted by Gasteiger charge is -2.02. The number of nitrogens with two attached hydrogens (primary N) is 1. The van der Waals surface area contributed by atoms with Crippen molar-refractivity contribution in [1.29, 1.82) is 0 Å². The molecule has 1 aromatic heterocycles. The lowest BCUT2D eigenvalue weighted by atomic mass is 10.4. The zero-order valence-corrected chi connectivity index (χ0v) is 8.52. The molecule has 1 saturated carbocycles. The van der Waals surface area contributed by atoms with E-state index in [4.69, 9.17) is 5.73 Å². The Morgan fingerprint density at radius 3 is 3.07 bits per heavy atom. The molecule has 0 aliphatic heterocycles. The monoisotopic (exact) mass is 209 g/mol. The van der Waals surface area contributed by atoms with E-state index in [1.54, 1.807) is 0 Å². The highest BCUT2D eigenvalue weighted by molar-refractivity contribution is 5.75. The standard InChI is InChI=1S/C9H15N5O/c10-3-8-12-6-14(13-8)5-9(15)11-4-7-1-2-7/h6-7H,1-5,10H2,(H,11,15). The second-order valence-corrected chi connectivity index (χ2v) is 3.81. The minimum Gasteiger partial charge on any atom is -0.354 e. The van der Waals surface area contributed by atoms with Crippen molar-refractivity contribution in [1.82, 2.24) is 20.1 Å². The Morgan fingerprint density at radius 1 is 1.67 bits per heavy atom. The highest BCUT2D eigenvalue weighted by atomic mass is 16.2. The summed E-state index contributed by atoms with van der Waals surface area (Å²) in [5, 5.41) is 6.89. The van der Waals surface area contributed by atoms with E-state index in [-0.39, 0.29) is 12.5 Å². The van der Waals surface area contributed by atoms with Crippen LogP contribution in [0.3, 0.4) is 0 Å². The number of hydrogen-bond donors (Lipinski definition) is 2. The zero-order chi connectivity index (χ0) is 10.7. The largest absolute Gasteiger partial charge is 0.354 e. The number of hydrogen-bond acceptors (Lipinski definition) is 4. The summed E-state index contributed by atoms with van der Waals surface area (Å²) in [6, 6.07) is 0. The third-order valence-electron chi connectivity index (χ3n) is 2.36. The number of rotatable bonds is 5. The lowest BCUT2D eigenvalue weighted by molar-refractivity contribution is -0.121. The number of carbonyl (C=O) groups is 1. The Morgan fingerprint density at radius 2 is 2.47 bits per heavy atom. The summed E-state index contributed by atoms with van der Waals surface area (Å²) in [4.78, 5) is 15.4. The molecule has 1 heterocycles. The summed E-state index contributed by atoms with van der Waals surface area (Å²) < 4.78 is 1.50. The van der Waals surface area contributed by atoms with Gasteiger partial charge in [0.2, 0.25) is 5.91 Å². The van der Waals surface area contributed by atoms with Crippen molar-refractivity contribution in [2.24, 2.45) is 11.7 Å².